The number of aromatic nitrogens is 2. The van der Waals surface area contributed by atoms with Crippen molar-refractivity contribution in [3.05, 3.63) is 11.5 Å². The van der Waals surface area contributed by atoms with Gasteiger partial charge in [-0.25, -0.2) is 9.97 Å². The summed E-state index contributed by atoms with van der Waals surface area (Å²) in [6.07, 6.45) is 6.33. The SMILES string of the molecule is COc1c(Cl)ncnc1NC1CCC(C)CC1. The molecule has 1 aliphatic rings. The summed E-state index contributed by atoms with van der Waals surface area (Å²) >= 11 is 5.95. The van der Waals surface area contributed by atoms with Crippen LogP contribution < -0.4 is 10.1 Å². The molecular weight excluding hydrogens is 238 g/mol. The van der Waals surface area contributed by atoms with E-state index >= 15 is 0 Å². The van der Waals surface area contributed by atoms with Gasteiger partial charge in [-0.2, -0.15) is 0 Å². The lowest BCUT2D eigenvalue weighted by Crippen LogP contribution is -2.26. The highest BCUT2D eigenvalue weighted by Gasteiger charge is 2.20. The molecular formula is C12H18ClN3O. The molecule has 1 saturated carbocycles. The normalized spacial score (nSPS) is 24.4. The van der Waals surface area contributed by atoms with Crippen molar-refractivity contribution in [3.63, 3.8) is 0 Å². The minimum absolute atomic E-state index is 0.356. The Morgan fingerprint density at radius 2 is 2.00 bits per heavy atom. The molecule has 0 radical (unpaired) electrons. The van der Waals surface area contributed by atoms with E-state index in [0.29, 0.717) is 22.8 Å². The number of hydrogen-bond acceptors (Lipinski definition) is 4. The Bertz CT molecular complexity index is 378. The van der Waals surface area contributed by atoms with Gasteiger partial charge in [0.1, 0.15) is 6.33 Å². The molecule has 1 N–H and O–H groups in total. The Morgan fingerprint density at radius 1 is 1.29 bits per heavy atom. The summed E-state index contributed by atoms with van der Waals surface area (Å²) in [5, 5.41) is 3.76. The molecule has 17 heavy (non-hydrogen) atoms. The van der Waals surface area contributed by atoms with Crippen molar-refractivity contribution < 1.29 is 4.74 Å². The van der Waals surface area contributed by atoms with Crippen LogP contribution in [0.4, 0.5) is 5.82 Å². The van der Waals surface area contributed by atoms with E-state index in [0.717, 1.165) is 5.92 Å². The fourth-order valence-electron chi connectivity index (χ4n) is 2.23. The summed E-state index contributed by atoms with van der Waals surface area (Å²) in [5.41, 5.74) is 0. The fraction of sp³-hybridized carbons (Fsp3) is 0.667. The summed E-state index contributed by atoms with van der Waals surface area (Å²) in [4.78, 5) is 8.10. The van der Waals surface area contributed by atoms with Crippen LogP contribution in [0.3, 0.4) is 0 Å². The van der Waals surface area contributed by atoms with Crippen LogP contribution in [0.15, 0.2) is 6.33 Å². The molecule has 0 spiro atoms. The van der Waals surface area contributed by atoms with E-state index in [1.54, 1.807) is 7.11 Å². The van der Waals surface area contributed by atoms with E-state index in [2.05, 4.69) is 22.2 Å². The van der Waals surface area contributed by atoms with Gasteiger partial charge in [-0.15, -0.1) is 0 Å². The lowest BCUT2D eigenvalue weighted by Gasteiger charge is -2.27. The Hall–Kier alpha value is -1.03. The molecule has 1 heterocycles. The first-order chi connectivity index (χ1) is 8.20. The number of methoxy groups -OCH3 is 1. The quantitative estimate of drug-likeness (QED) is 0.843. The third-order valence-electron chi connectivity index (χ3n) is 3.32. The van der Waals surface area contributed by atoms with Gasteiger partial charge in [0, 0.05) is 6.04 Å². The van der Waals surface area contributed by atoms with Crippen LogP contribution in [0, 0.1) is 5.92 Å². The minimum Gasteiger partial charge on any atom is -0.490 e. The second kappa shape index (κ2) is 5.54. The second-order valence-electron chi connectivity index (χ2n) is 4.65. The summed E-state index contributed by atoms with van der Waals surface area (Å²) in [5.74, 6) is 2.07. The zero-order chi connectivity index (χ0) is 12.3. The van der Waals surface area contributed by atoms with Crippen LogP contribution in [0.2, 0.25) is 5.15 Å². The van der Waals surface area contributed by atoms with Gasteiger partial charge in [0.15, 0.2) is 16.7 Å². The summed E-state index contributed by atoms with van der Waals surface area (Å²) in [6, 6.07) is 0.464. The Labute approximate surface area is 107 Å². The van der Waals surface area contributed by atoms with E-state index in [1.807, 2.05) is 0 Å². The molecule has 1 aliphatic carbocycles. The Balaban J connectivity index is 2.05. The molecule has 0 aliphatic heterocycles. The van der Waals surface area contributed by atoms with Crippen molar-refractivity contribution in [2.75, 3.05) is 12.4 Å². The lowest BCUT2D eigenvalue weighted by molar-refractivity contribution is 0.358. The maximum Gasteiger partial charge on any atom is 0.198 e. The maximum absolute atomic E-state index is 5.95. The largest absolute Gasteiger partial charge is 0.490 e. The van der Waals surface area contributed by atoms with Crippen molar-refractivity contribution in [1.29, 1.82) is 0 Å². The average Bonchev–Trinajstić information content (AvgIpc) is 2.32. The molecule has 0 aromatic carbocycles. The fourth-order valence-corrected chi connectivity index (χ4v) is 2.44. The summed E-state index contributed by atoms with van der Waals surface area (Å²) in [6.45, 7) is 2.30. The van der Waals surface area contributed by atoms with Crippen LogP contribution in [-0.2, 0) is 0 Å². The maximum atomic E-state index is 5.95. The van der Waals surface area contributed by atoms with Crippen LogP contribution in [-0.4, -0.2) is 23.1 Å². The minimum atomic E-state index is 0.356. The van der Waals surface area contributed by atoms with Gasteiger partial charge in [-0.05, 0) is 31.6 Å². The van der Waals surface area contributed by atoms with Gasteiger partial charge in [0.2, 0.25) is 0 Å². The van der Waals surface area contributed by atoms with Crippen LogP contribution >= 0.6 is 11.6 Å². The third-order valence-corrected chi connectivity index (χ3v) is 3.59. The van der Waals surface area contributed by atoms with Gasteiger partial charge < -0.3 is 10.1 Å². The smallest absolute Gasteiger partial charge is 0.198 e. The first-order valence-corrected chi connectivity index (χ1v) is 6.39. The molecule has 1 aromatic rings. The van der Waals surface area contributed by atoms with Gasteiger partial charge >= 0.3 is 0 Å². The van der Waals surface area contributed by atoms with E-state index in [9.17, 15) is 0 Å². The van der Waals surface area contributed by atoms with E-state index in [-0.39, 0.29) is 0 Å². The van der Waals surface area contributed by atoms with Crippen LogP contribution in [0.25, 0.3) is 0 Å². The predicted octanol–water partition coefficient (Wildman–Crippen LogP) is 3.13. The number of anilines is 1. The molecule has 1 aromatic heterocycles. The monoisotopic (exact) mass is 255 g/mol. The van der Waals surface area contributed by atoms with E-state index in [1.165, 1.54) is 32.0 Å². The number of halogens is 1. The van der Waals surface area contributed by atoms with Gasteiger partial charge in [0.05, 0.1) is 7.11 Å². The van der Waals surface area contributed by atoms with E-state index < -0.39 is 0 Å². The number of hydrogen-bond donors (Lipinski definition) is 1. The number of nitrogens with one attached hydrogen (secondary N) is 1. The van der Waals surface area contributed by atoms with Crippen molar-refractivity contribution in [2.45, 2.75) is 38.6 Å². The number of nitrogens with zero attached hydrogens (tertiary/aromatic N) is 2. The molecule has 2 rings (SSSR count). The molecule has 0 amide bonds. The van der Waals surface area contributed by atoms with Crippen LogP contribution in [0.5, 0.6) is 5.75 Å². The molecule has 0 unspecified atom stereocenters. The number of rotatable bonds is 3. The Kier molecular flexibility index (Phi) is 4.05. The predicted molar refractivity (Wildman–Crippen MR) is 68.6 cm³/mol. The van der Waals surface area contributed by atoms with Crippen molar-refractivity contribution in [3.8, 4) is 5.75 Å². The lowest BCUT2D eigenvalue weighted by atomic mass is 9.87. The second-order valence-corrected chi connectivity index (χ2v) is 5.01. The molecule has 1 fully saturated rings. The van der Waals surface area contributed by atoms with Crippen LogP contribution in [0.1, 0.15) is 32.6 Å². The Morgan fingerprint density at radius 3 is 2.65 bits per heavy atom. The zero-order valence-electron chi connectivity index (χ0n) is 10.2. The summed E-state index contributed by atoms with van der Waals surface area (Å²) < 4.78 is 5.22. The first-order valence-electron chi connectivity index (χ1n) is 6.01. The molecule has 94 valence electrons. The van der Waals surface area contributed by atoms with Gasteiger partial charge in [-0.1, -0.05) is 18.5 Å². The average molecular weight is 256 g/mol. The summed E-state index contributed by atoms with van der Waals surface area (Å²) in [7, 11) is 1.58. The first kappa shape index (κ1) is 12.4. The zero-order valence-corrected chi connectivity index (χ0v) is 11.0. The van der Waals surface area contributed by atoms with E-state index in [4.69, 9.17) is 16.3 Å². The van der Waals surface area contributed by atoms with Crippen molar-refractivity contribution >= 4 is 17.4 Å². The van der Waals surface area contributed by atoms with Gasteiger partial charge in [-0.3, -0.25) is 0 Å². The highest BCUT2D eigenvalue weighted by atomic mass is 35.5. The highest BCUT2D eigenvalue weighted by Crippen LogP contribution is 2.31. The van der Waals surface area contributed by atoms with Gasteiger partial charge in [0.25, 0.3) is 0 Å². The third kappa shape index (κ3) is 3.00. The molecule has 4 nitrogen and oxygen atoms in total. The topological polar surface area (TPSA) is 47.0 Å². The number of ether oxygens (including phenoxy) is 1. The molecule has 0 atom stereocenters. The van der Waals surface area contributed by atoms with Crippen molar-refractivity contribution in [2.24, 2.45) is 5.92 Å². The standard InChI is InChI=1S/C12H18ClN3O/c1-8-3-5-9(6-4-8)16-12-10(17-2)11(13)14-7-15-12/h7-9H,3-6H2,1-2H3,(H,14,15,16). The molecule has 0 bridgehead atoms. The van der Waals surface area contributed by atoms with Crippen molar-refractivity contribution in [1.82, 2.24) is 9.97 Å². The highest BCUT2D eigenvalue weighted by molar-refractivity contribution is 6.31. The molecule has 5 heteroatoms. The molecule has 0 saturated heterocycles.